The van der Waals surface area contributed by atoms with Crippen molar-refractivity contribution in [1.29, 1.82) is 0 Å². The molecule has 0 heterocycles. The fourth-order valence-corrected chi connectivity index (χ4v) is 1.60. The van der Waals surface area contributed by atoms with Gasteiger partial charge in [-0.2, -0.15) is 0 Å². The Morgan fingerprint density at radius 3 is 2.88 bits per heavy atom. The highest BCUT2D eigenvalue weighted by atomic mass is 35.5. The van der Waals surface area contributed by atoms with Crippen molar-refractivity contribution in [1.82, 2.24) is 0 Å². The second-order valence-corrected chi connectivity index (χ2v) is 4.03. The third-order valence-corrected chi connectivity index (χ3v) is 2.61. The van der Waals surface area contributed by atoms with Crippen LogP contribution in [0.2, 0.25) is 5.02 Å². The number of thioether (sulfide) groups is 1. The highest BCUT2D eigenvalue weighted by Crippen LogP contribution is 2.28. The van der Waals surface area contributed by atoms with Crippen LogP contribution in [0.5, 0.6) is 5.75 Å². The van der Waals surface area contributed by atoms with Gasteiger partial charge in [-0.25, -0.2) is 0 Å². The molecule has 1 aromatic rings. The first-order valence-corrected chi connectivity index (χ1v) is 5.78. The van der Waals surface area contributed by atoms with E-state index in [9.17, 15) is 10.1 Å². The van der Waals surface area contributed by atoms with Crippen LogP contribution in [0.15, 0.2) is 29.4 Å². The van der Waals surface area contributed by atoms with Crippen molar-refractivity contribution in [2.24, 2.45) is 0 Å². The number of rotatable bonds is 4. The summed E-state index contributed by atoms with van der Waals surface area (Å²) in [6.45, 7) is 0. The molecule has 0 radical (unpaired) electrons. The molecule has 1 aromatic carbocycles. The summed E-state index contributed by atoms with van der Waals surface area (Å²) in [6, 6.07) is 4.34. The first kappa shape index (κ1) is 12.7. The van der Waals surface area contributed by atoms with Gasteiger partial charge in [0, 0.05) is 6.07 Å². The molecule has 16 heavy (non-hydrogen) atoms. The molecule has 0 aromatic heterocycles. The van der Waals surface area contributed by atoms with Crippen LogP contribution in [-0.2, 0) is 0 Å². The summed E-state index contributed by atoms with van der Waals surface area (Å²) in [5.41, 5.74) is 0.502. The Bertz CT molecular complexity index is 437. The van der Waals surface area contributed by atoms with E-state index in [0.717, 1.165) is 6.20 Å². The quantitative estimate of drug-likeness (QED) is 0.495. The SMILES string of the molecule is CS/C(=C\[N+](=O)[O-])Nc1ccc(O)cc1Cl. The maximum atomic E-state index is 10.3. The number of phenolic OH excluding ortho intramolecular Hbond substituents is 1. The van der Waals surface area contributed by atoms with Crippen LogP contribution >= 0.6 is 23.4 Å². The first-order chi connectivity index (χ1) is 7.52. The van der Waals surface area contributed by atoms with Gasteiger partial charge in [0.15, 0.2) is 0 Å². The molecule has 0 amide bonds. The van der Waals surface area contributed by atoms with E-state index in [1.165, 1.54) is 23.9 Å². The number of phenols is 1. The fourth-order valence-electron chi connectivity index (χ4n) is 0.970. The molecule has 0 saturated carbocycles. The molecule has 0 fully saturated rings. The lowest BCUT2D eigenvalue weighted by molar-refractivity contribution is -0.402. The zero-order valence-corrected chi connectivity index (χ0v) is 9.88. The van der Waals surface area contributed by atoms with Crippen molar-refractivity contribution in [3.05, 3.63) is 44.6 Å². The van der Waals surface area contributed by atoms with Gasteiger partial charge in [-0.3, -0.25) is 10.1 Å². The van der Waals surface area contributed by atoms with E-state index in [4.69, 9.17) is 16.7 Å². The normalized spacial score (nSPS) is 11.2. The van der Waals surface area contributed by atoms with E-state index in [2.05, 4.69) is 5.32 Å². The summed E-state index contributed by atoms with van der Waals surface area (Å²) < 4.78 is 0. The number of nitrogens with one attached hydrogen (secondary N) is 1. The summed E-state index contributed by atoms with van der Waals surface area (Å²) in [5, 5.41) is 22.9. The Kier molecular flexibility index (Phi) is 4.45. The van der Waals surface area contributed by atoms with Crippen molar-refractivity contribution in [3.8, 4) is 5.75 Å². The van der Waals surface area contributed by atoms with E-state index in [1.54, 1.807) is 12.3 Å². The van der Waals surface area contributed by atoms with Crippen molar-refractivity contribution in [2.75, 3.05) is 11.6 Å². The van der Waals surface area contributed by atoms with Gasteiger partial charge in [-0.1, -0.05) is 11.6 Å². The zero-order chi connectivity index (χ0) is 12.1. The number of benzene rings is 1. The lowest BCUT2D eigenvalue weighted by Gasteiger charge is -2.08. The van der Waals surface area contributed by atoms with Gasteiger partial charge in [0.2, 0.25) is 0 Å². The van der Waals surface area contributed by atoms with Gasteiger partial charge in [0.05, 0.1) is 15.6 Å². The Morgan fingerprint density at radius 2 is 2.38 bits per heavy atom. The molecule has 0 saturated heterocycles. The van der Waals surface area contributed by atoms with Gasteiger partial charge >= 0.3 is 0 Å². The number of nitrogens with zero attached hydrogens (tertiary/aromatic N) is 1. The van der Waals surface area contributed by atoms with Crippen LogP contribution in [0.25, 0.3) is 0 Å². The van der Waals surface area contributed by atoms with E-state index >= 15 is 0 Å². The molecule has 86 valence electrons. The first-order valence-electron chi connectivity index (χ1n) is 4.18. The van der Waals surface area contributed by atoms with Crippen LogP contribution in [0.1, 0.15) is 0 Å². The molecule has 0 aliphatic heterocycles. The summed E-state index contributed by atoms with van der Waals surface area (Å²) in [5.74, 6) is 0.0412. The number of hydrogen-bond acceptors (Lipinski definition) is 5. The molecule has 0 atom stereocenters. The molecule has 7 heteroatoms. The molecule has 0 unspecified atom stereocenters. The Balaban J connectivity index is 2.90. The van der Waals surface area contributed by atoms with Crippen molar-refractivity contribution >= 4 is 29.1 Å². The number of anilines is 1. The summed E-state index contributed by atoms with van der Waals surface area (Å²) >= 11 is 7.03. The van der Waals surface area contributed by atoms with Crippen molar-refractivity contribution < 1.29 is 10.0 Å². The Morgan fingerprint density at radius 1 is 1.69 bits per heavy atom. The zero-order valence-electron chi connectivity index (χ0n) is 8.31. The molecule has 0 spiro atoms. The average molecular weight is 261 g/mol. The van der Waals surface area contributed by atoms with Crippen molar-refractivity contribution in [3.63, 3.8) is 0 Å². The Hall–Kier alpha value is -1.40. The smallest absolute Gasteiger partial charge is 0.264 e. The minimum absolute atomic E-state index is 0.0412. The number of halogens is 1. The van der Waals surface area contributed by atoms with Crippen LogP contribution in [0, 0.1) is 10.1 Å². The predicted molar refractivity (Wildman–Crippen MR) is 65.3 cm³/mol. The van der Waals surface area contributed by atoms with Crippen LogP contribution < -0.4 is 5.32 Å². The second kappa shape index (κ2) is 5.62. The number of aromatic hydroxyl groups is 1. The predicted octanol–water partition coefficient (Wildman–Crippen LogP) is 2.90. The third-order valence-electron chi connectivity index (χ3n) is 1.65. The lowest BCUT2D eigenvalue weighted by Crippen LogP contribution is -1.99. The van der Waals surface area contributed by atoms with Gasteiger partial charge in [0.1, 0.15) is 10.8 Å². The molecular weight excluding hydrogens is 252 g/mol. The largest absolute Gasteiger partial charge is 0.508 e. The molecule has 0 aliphatic rings. The van der Waals surface area contributed by atoms with Crippen molar-refractivity contribution in [2.45, 2.75) is 0 Å². The fraction of sp³-hybridized carbons (Fsp3) is 0.111. The number of hydrogen-bond donors (Lipinski definition) is 2. The second-order valence-electron chi connectivity index (χ2n) is 2.77. The van der Waals surface area contributed by atoms with Gasteiger partial charge in [0.25, 0.3) is 6.20 Å². The van der Waals surface area contributed by atoms with E-state index in [-0.39, 0.29) is 5.75 Å². The van der Waals surface area contributed by atoms with Crippen LogP contribution in [0.4, 0.5) is 5.69 Å². The molecular formula is C9H9ClN2O3S. The van der Waals surface area contributed by atoms with Gasteiger partial charge in [-0.05, 0) is 18.4 Å². The summed E-state index contributed by atoms with van der Waals surface area (Å²) in [7, 11) is 0. The molecule has 0 bridgehead atoms. The highest BCUT2D eigenvalue weighted by Gasteiger charge is 2.06. The maximum absolute atomic E-state index is 10.3. The number of nitro groups is 1. The maximum Gasteiger partial charge on any atom is 0.264 e. The van der Waals surface area contributed by atoms with E-state index in [1.807, 2.05) is 0 Å². The Labute approximate surface area is 101 Å². The monoisotopic (exact) mass is 260 g/mol. The summed E-state index contributed by atoms with van der Waals surface area (Å²) in [6.07, 6.45) is 2.56. The topological polar surface area (TPSA) is 75.4 Å². The summed E-state index contributed by atoms with van der Waals surface area (Å²) in [4.78, 5) is 9.75. The lowest BCUT2D eigenvalue weighted by atomic mass is 10.3. The highest BCUT2D eigenvalue weighted by molar-refractivity contribution is 8.02. The molecule has 1 rings (SSSR count). The van der Waals surface area contributed by atoms with Crippen LogP contribution in [0.3, 0.4) is 0 Å². The average Bonchev–Trinajstić information content (AvgIpc) is 2.20. The van der Waals surface area contributed by atoms with Gasteiger partial charge in [-0.15, -0.1) is 11.8 Å². The van der Waals surface area contributed by atoms with Crippen LogP contribution in [-0.4, -0.2) is 16.3 Å². The standard InChI is InChI=1S/C9H9ClN2O3S/c1-16-9(5-12(14)15)11-8-3-2-6(13)4-7(8)10/h2-5,11,13H,1H3/b9-5-. The van der Waals surface area contributed by atoms with E-state index in [0.29, 0.717) is 15.7 Å². The molecule has 5 nitrogen and oxygen atoms in total. The minimum atomic E-state index is -0.548. The van der Waals surface area contributed by atoms with E-state index < -0.39 is 4.92 Å². The molecule has 2 N–H and O–H groups in total. The minimum Gasteiger partial charge on any atom is -0.508 e. The molecule has 0 aliphatic carbocycles. The van der Waals surface area contributed by atoms with Gasteiger partial charge < -0.3 is 10.4 Å². The third kappa shape index (κ3) is 3.63.